The summed E-state index contributed by atoms with van der Waals surface area (Å²) in [5, 5.41) is 0. The highest BCUT2D eigenvalue weighted by molar-refractivity contribution is 4.85. The molecule has 4 aliphatic carbocycles. The van der Waals surface area contributed by atoms with Crippen molar-refractivity contribution in [1.82, 2.24) is 29.4 Å². The van der Waals surface area contributed by atoms with Crippen LogP contribution in [0.15, 0.2) is 0 Å². The Labute approximate surface area is 285 Å². The summed E-state index contributed by atoms with van der Waals surface area (Å²) in [6.45, 7) is 18.3. The van der Waals surface area contributed by atoms with E-state index in [2.05, 4.69) is 29.4 Å². The largest absolute Gasteiger partial charge is 0.301 e. The molecule has 0 aromatic carbocycles. The maximum absolute atomic E-state index is 2.95. The average molecular weight is 641 g/mol. The number of hydrogen-bond donors (Lipinski definition) is 0. The third-order valence-electron chi connectivity index (χ3n) is 13.7. The summed E-state index contributed by atoms with van der Waals surface area (Å²) in [5.41, 5.74) is 0. The Morgan fingerprint density at radius 3 is 0.717 bits per heavy atom. The van der Waals surface area contributed by atoms with Gasteiger partial charge in [-0.1, -0.05) is 77.0 Å². The van der Waals surface area contributed by atoms with Crippen LogP contribution >= 0.6 is 0 Å². The van der Waals surface area contributed by atoms with Gasteiger partial charge in [0.25, 0.3) is 0 Å². The van der Waals surface area contributed by atoms with E-state index in [-0.39, 0.29) is 0 Å². The summed E-state index contributed by atoms with van der Waals surface area (Å²) in [4.78, 5) is 17.6. The summed E-state index contributed by atoms with van der Waals surface area (Å²) >= 11 is 0. The quantitative estimate of drug-likeness (QED) is 0.253. The van der Waals surface area contributed by atoms with Crippen LogP contribution in [0.1, 0.15) is 141 Å². The molecular weight excluding hydrogens is 564 g/mol. The van der Waals surface area contributed by atoms with E-state index < -0.39 is 0 Å². The molecule has 0 aromatic heterocycles. The lowest BCUT2D eigenvalue weighted by molar-refractivity contribution is 0.112. The summed E-state index contributed by atoms with van der Waals surface area (Å²) in [6, 6.07) is 3.44. The maximum atomic E-state index is 2.95. The first-order valence-corrected chi connectivity index (χ1v) is 21.2. The van der Waals surface area contributed by atoms with E-state index in [1.54, 1.807) is 0 Å². The highest BCUT2D eigenvalue weighted by atomic mass is 15.3. The van der Waals surface area contributed by atoms with Crippen molar-refractivity contribution in [2.24, 2.45) is 0 Å². The van der Waals surface area contributed by atoms with Crippen molar-refractivity contribution in [3.63, 3.8) is 0 Å². The zero-order chi connectivity index (χ0) is 31.2. The summed E-state index contributed by atoms with van der Waals surface area (Å²) in [5.74, 6) is 0. The highest BCUT2D eigenvalue weighted by Crippen LogP contribution is 2.27. The molecule has 46 heavy (non-hydrogen) atoms. The Morgan fingerprint density at radius 1 is 0.261 bits per heavy atom. The lowest BCUT2D eigenvalue weighted by atomic mass is 9.93. The van der Waals surface area contributed by atoms with E-state index in [1.165, 1.54) is 233 Å². The van der Waals surface area contributed by atoms with Crippen LogP contribution in [0.25, 0.3) is 0 Å². The normalized spacial score (nSPS) is 29.5. The minimum absolute atomic E-state index is 0.861. The maximum Gasteiger partial charge on any atom is 0.0113 e. The monoisotopic (exact) mass is 641 g/mol. The van der Waals surface area contributed by atoms with Crippen LogP contribution in [0.3, 0.4) is 0 Å². The molecule has 266 valence electrons. The number of rotatable bonds is 9. The van der Waals surface area contributed by atoms with Crippen LogP contribution in [0.4, 0.5) is 0 Å². The van der Waals surface area contributed by atoms with Gasteiger partial charge in [-0.25, -0.2) is 0 Å². The molecule has 0 spiro atoms. The van der Waals surface area contributed by atoms with Crippen molar-refractivity contribution in [3.05, 3.63) is 0 Å². The summed E-state index contributed by atoms with van der Waals surface area (Å²) in [6.07, 6.45) is 32.0. The molecular formula is C40H76N6. The van der Waals surface area contributed by atoms with Crippen molar-refractivity contribution in [2.75, 3.05) is 91.6 Å². The molecule has 6 rings (SSSR count). The van der Waals surface area contributed by atoms with Crippen LogP contribution < -0.4 is 0 Å². The van der Waals surface area contributed by atoms with Crippen molar-refractivity contribution in [1.29, 1.82) is 0 Å². The molecule has 0 radical (unpaired) electrons. The molecule has 4 saturated carbocycles. The predicted molar refractivity (Wildman–Crippen MR) is 196 cm³/mol. The van der Waals surface area contributed by atoms with E-state index in [1.807, 2.05) is 0 Å². The van der Waals surface area contributed by atoms with Gasteiger partial charge in [-0.05, 0) is 77.3 Å². The topological polar surface area (TPSA) is 19.4 Å². The fraction of sp³-hybridized carbons (Fsp3) is 1.00. The van der Waals surface area contributed by atoms with Crippen molar-refractivity contribution in [2.45, 2.75) is 165 Å². The Morgan fingerprint density at radius 2 is 0.478 bits per heavy atom. The fourth-order valence-electron chi connectivity index (χ4n) is 10.6. The fourth-order valence-corrected chi connectivity index (χ4v) is 10.6. The third kappa shape index (κ3) is 11.1. The first-order chi connectivity index (χ1) is 22.8. The molecule has 2 saturated heterocycles. The minimum Gasteiger partial charge on any atom is -0.301 e. The second-order valence-corrected chi connectivity index (χ2v) is 16.7. The molecule has 6 aliphatic rings. The SMILES string of the molecule is C1CCC(N2CCN(CCCCN3CCN(C4CCCCC4)CCN(C4CCCCC4)CC3)CCN(C3CCCCC3)CC2)CC1. The van der Waals surface area contributed by atoms with E-state index in [4.69, 9.17) is 0 Å². The molecule has 0 unspecified atom stereocenters. The average Bonchev–Trinajstić information content (AvgIpc) is 3.30. The summed E-state index contributed by atoms with van der Waals surface area (Å²) in [7, 11) is 0. The Bertz CT molecular complexity index is 674. The van der Waals surface area contributed by atoms with Gasteiger partial charge >= 0.3 is 0 Å². The van der Waals surface area contributed by atoms with Gasteiger partial charge < -0.3 is 9.80 Å². The van der Waals surface area contributed by atoms with Crippen LogP contribution in [0.2, 0.25) is 0 Å². The van der Waals surface area contributed by atoms with E-state index >= 15 is 0 Å². The van der Waals surface area contributed by atoms with Gasteiger partial charge in [-0.3, -0.25) is 19.6 Å². The molecule has 2 heterocycles. The molecule has 6 fully saturated rings. The Hall–Kier alpha value is -0.240. The number of unbranched alkanes of at least 4 members (excludes halogenated alkanes) is 1. The van der Waals surface area contributed by atoms with Crippen molar-refractivity contribution in [3.8, 4) is 0 Å². The second kappa shape index (κ2) is 19.8. The van der Waals surface area contributed by atoms with Crippen LogP contribution in [0, 0.1) is 0 Å². The van der Waals surface area contributed by atoms with Gasteiger partial charge in [0, 0.05) is 103 Å². The van der Waals surface area contributed by atoms with Gasteiger partial charge in [0.2, 0.25) is 0 Å². The van der Waals surface area contributed by atoms with Crippen LogP contribution in [-0.4, -0.2) is 145 Å². The minimum atomic E-state index is 0.861. The third-order valence-corrected chi connectivity index (χ3v) is 13.7. The molecule has 6 nitrogen and oxygen atoms in total. The van der Waals surface area contributed by atoms with E-state index in [0.717, 1.165) is 24.2 Å². The molecule has 0 aromatic rings. The number of hydrogen-bond acceptors (Lipinski definition) is 6. The number of nitrogens with zero attached hydrogens (tertiary/aromatic N) is 6. The highest BCUT2D eigenvalue weighted by Gasteiger charge is 2.29. The molecule has 6 heteroatoms. The van der Waals surface area contributed by atoms with Gasteiger partial charge in [0.15, 0.2) is 0 Å². The Balaban J connectivity index is 1.01. The van der Waals surface area contributed by atoms with Crippen LogP contribution in [-0.2, 0) is 0 Å². The first-order valence-electron chi connectivity index (χ1n) is 21.2. The van der Waals surface area contributed by atoms with Crippen LogP contribution in [0.5, 0.6) is 0 Å². The molecule has 0 N–H and O–H groups in total. The lowest BCUT2D eigenvalue weighted by Crippen LogP contribution is -2.45. The van der Waals surface area contributed by atoms with E-state index in [9.17, 15) is 0 Å². The summed E-state index contributed by atoms with van der Waals surface area (Å²) < 4.78 is 0. The van der Waals surface area contributed by atoms with Gasteiger partial charge in [-0.15, -0.1) is 0 Å². The van der Waals surface area contributed by atoms with Crippen molar-refractivity contribution < 1.29 is 0 Å². The Kier molecular flexibility index (Phi) is 15.3. The zero-order valence-corrected chi connectivity index (χ0v) is 30.4. The standard InChI is InChI=1S/C40H76N6/c1-5-15-37(16-6-1)43-29-25-41(26-30-44(34-33-43)38-17-7-2-8-18-38)23-13-14-24-42-27-31-45(39-19-9-3-10-20-39)35-36-46(32-28-42)40-21-11-4-12-22-40/h37-40H,1-36H2. The smallest absolute Gasteiger partial charge is 0.0113 e. The molecule has 0 atom stereocenters. The van der Waals surface area contributed by atoms with E-state index in [0.29, 0.717) is 0 Å². The van der Waals surface area contributed by atoms with Gasteiger partial charge in [0.05, 0.1) is 0 Å². The first kappa shape index (κ1) is 35.6. The zero-order valence-electron chi connectivity index (χ0n) is 30.4. The second-order valence-electron chi connectivity index (χ2n) is 16.7. The van der Waals surface area contributed by atoms with Gasteiger partial charge in [0.1, 0.15) is 0 Å². The molecule has 0 bridgehead atoms. The van der Waals surface area contributed by atoms with Gasteiger partial charge in [-0.2, -0.15) is 0 Å². The lowest BCUT2D eigenvalue weighted by Gasteiger charge is -2.37. The predicted octanol–water partition coefficient (Wildman–Crippen LogP) is 6.94. The molecule has 2 aliphatic heterocycles. The van der Waals surface area contributed by atoms with Crippen molar-refractivity contribution >= 4 is 0 Å². The molecule has 0 amide bonds.